The number of nitrogens with zero attached hydrogens (tertiary/aromatic N) is 3. The maximum Gasteiger partial charge on any atom is 0.271 e. The Morgan fingerprint density at radius 1 is 1.22 bits per heavy atom. The third-order valence-corrected chi connectivity index (χ3v) is 7.11. The van der Waals surface area contributed by atoms with Gasteiger partial charge in [0.05, 0.1) is 17.8 Å². The summed E-state index contributed by atoms with van der Waals surface area (Å²) in [6.07, 6.45) is 2.38. The SMILES string of the molecule is CC1=NOC2(CCC(CF)N3CC2n2cc(C(=O)NCc4c(F)cc(F)cc4F)c(=O)cc2C3=O)C1. The van der Waals surface area contributed by atoms with Gasteiger partial charge in [-0.15, -0.1) is 0 Å². The van der Waals surface area contributed by atoms with Crippen LogP contribution in [-0.2, 0) is 11.4 Å². The highest BCUT2D eigenvalue weighted by molar-refractivity contribution is 5.97. The largest absolute Gasteiger partial charge is 0.387 e. The second-order valence-electron chi connectivity index (χ2n) is 9.35. The normalized spacial score (nSPS) is 24.8. The molecule has 1 saturated heterocycles. The van der Waals surface area contributed by atoms with Crippen LogP contribution in [0.3, 0.4) is 0 Å². The van der Waals surface area contributed by atoms with Crippen LogP contribution in [-0.4, -0.2) is 51.9 Å². The van der Waals surface area contributed by atoms with Gasteiger partial charge in [-0.05, 0) is 19.8 Å². The number of rotatable bonds is 4. The Balaban J connectivity index is 1.51. The Labute approximate surface area is 202 Å². The Hall–Kier alpha value is -3.70. The highest BCUT2D eigenvalue weighted by Crippen LogP contribution is 2.45. The summed E-state index contributed by atoms with van der Waals surface area (Å²) in [5.74, 6) is -4.94. The van der Waals surface area contributed by atoms with Gasteiger partial charge >= 0.3 is 0 Å². The fraction of sp³-hybridized carbons (Fsp3) is 0.417. The van der Waals surface area contributed by atoms with Gasteiger partial charge in [0.2, 0.25) is 0 Å². The van der Waals surface area contributed by atoms with Crippen molar-refractivity contribution in [2.24, 2.45) is 5.16 Å². The van der Waals surface area contributed by atoms with E-state index < -0.39 is 71.2 Å². The van der Waals surface area contributed by atoms with Crippen LogP contribution in [0.15, 0.2) is 34.3 Å². The number of nitrogens with one attached hydrogen (secondary N) is 1. The molecular formula is C24H22F4N4O4. The number of hydrogen-bond acceptors (Lipinski definition) is 5. The molecule has 8 nitrogen and oxygen atoms in total. The van der Waals surface area contributed by atoms with Gasteiger partial charge in [0.1, 0.15) is 35.4 Å². The summed E-state index contributed by atoms with van der Waals surface area (Å²) in [4.78, 5) is 46.1. The molecule has 3 atom stereocenters. The lowest BCUT2D eigenvalue weighted by Crippen LogP contribution is -2.53. The molecule has 12 heteroatoms. The molecule has 3 unspecified atom stereocenters. The molecule has 36 heavy (non-hydrogen) atoms. The second-order valence-corrected chi connectivity index (χ2v) is 9.35. The first-order valence-corrected chi connectivity index (χ1v) is 11.4. The molecule has 1 aromatic carbocycles. The van der Waals surface area contributed by atoms with E-state index in [9.17, 15) is 31.9 Å². The minimum absolute atomic E-state index is 0.0173. The summed E-state index contributed by atoms with van der Waals surface area (Å²) < 4.78 is 56.4. The van der Waals surface area contributed by atoms with E-state index >= 15 is 0 Å². The van der Waals surface area contributed by atoms with E-state index in [-0.39, 0.29) is 17.8 Å². The molecule has 2 bridgehead atoms. The molecule has 0 radical (unpaired) electrons. The van der Waals surface area contributed by atoms with Crippen molar-refractivity contribution in [3.63, 3.8) is 0 Å². The average molecular weight is 506 g/mol. The molecule has 1 spiro atoms. The van der Waals surface area contributed by atoms with Gasteiger partial charge in [0.15, 0.2) is 11.0 Å². The van der Waals surface area contributed by atoms with Crippen molar-refractivity contribution in [2.75, 3.05) is 13.2 Å². The van der Waals surface area contributed by atoms with E-state index in [1.807, 2.05) is 0 Å². The summed E-state index contributed by atoms with van der Waals surface area (Å²) in [5, 5.41) is 6.35. The molecule has 1 fully saturated rings. The van der Waals surface area contributed by atoms with Gasteiger partial charge < -0.3 is 19.6 Å². The lowest BCUT2D eigenvalue weighted by molar-refractivity contribution is -0.0654. The van der Waals surface area contributed by atoms with Gasteiger partial charge in [-0.3, -0.25) is 14.4 Å². The molecule has 190 valence electrons. The summed E-state index contributed by atoms with van der Waals surface area (Å²) in [6, 6.07) is 0.722. The Bertz CT molecular complexity index is 1340. The number of halogens is 4. The lowest BCUT2D eigenvalue weighted by atomic mass is 9.84. The number of alkyl halides is 1. The quantitative estimate of drug-likeness (QED) is 0.646. The lowest BCUT2D eigenvalue weighted by Gasteiger charge is -2.41. The molecule has 0 saturated carbocycles. The molecule has 3 aliphatic heterocycles. The first kappa shape index (κ1) is 24.0. The number of hydrogen-bond donors (Lipinski definition) is 1. The minimum Gasteiger partial charge on any atom is -0.387 e. The number of carbonyl (C=O) groups excluding carboxylic acids is 2. The number of carbonyl (C=O) groups is 2. The van der Waals surface area contributed by atoms with E-state index in [0.717, 1.165) is 11.8 Å². The second kappa shape index (κ2) is 8.75. The molecule has 5 rings (SSSR count). The van der Waals surface area contributed by atoms with Crippen molar-refractivity contribution in [2.45, 2.75) is 50.4 Å². The minimum atomic E-state index is -1.18. The monoisotopic (exact) mass is 506 g/mol. The highest BCUT2D eigenvalue weighted by atomic mass is 19.1. The molecule has 0 aliphatic carbocycles. The summed E-state index contributed by atoms with van der Waals surface area (Å²) in [5.41, 5.74) is -1.92. The van der Waals surface area contributed by atoms with Crippen molar-refractivity contribution in [1.82, 2.24) is 14.8 Å². The molecular weight excluding hydrogens is 484 g/mol. The molecule has 4 heterocycles. The van der Waals surface area contributed by atoms with E-state index in [0.29, 0.717) is 31.4 Å². The van der Waals surface area contributed by atoms with Crippen LogP contribution in [0, 0.1) is 17.5 Å². The Kier molecular flexibility index (Phi) is 5.84. The van der Waals surface area contributed by atoms with Gasteiger partial charge in [-0.2, -0.15) is 0 Å². The van der Waals surface area contributed by atoms with Gasteiger partial charge in [-0.25, -0.2) is 17.6 Å². The van der Waals surface area contributed by atoms with Gasteiger partial charge in [0.25, 0.3) is 11.8 Å². The van der Waals surface area contributed by atoms with Crippen LogP contribution in [0.2, 0.25) is 0 Å². The van der Waals surface area contributed by atoms with E-state index in [1.54, 1.807) is 6.92 Å². The predicted molar refractivity (Wildman–Crippen MR) is 119 cm³/mol. The zero-order valence-corrected chi connectivity index (χ0v) is 19.2. The molecule has 2 aromatic rings. The summed E-state index contributed by atoms with van der Waals surface area (Å²) >= 11 is 0. The standard InChI is InChI=1S/C24H22F4N4O4/c1-12-7-24(36-30-12)3-2-14(8-25)31-11-21(24)32-10-16(20(33)6-19(32)23(31)35)22(34)29-9-15-17(27)4-13(26)5-18(15)28/h4-6,10,14,21H,2-3,7-9,11H2,1H3,(H,29,34). The topological polar surface area (TPSA) is 93.0 Å². The molecule has 2 amide bonds. The van der Waals surface area contributed by atoms with E-state index in [2.05, 4.69) is 10.5 Å². The number of fused-ring (bicyclic) bond motifs is 5. The predicted octanol–water partition coefficient (Wildman–Crippen LogP) is 2.86. The van der Waals surface area contributed by atoms with Crippen molar-refractivity contribution in [1.29, 1.82) is 0 Å². The third-order valence-electron chi connectivity index (χ3n) is 7.11. The van der Waals surface area contributed by atoms with Crippen molar-refractivity contribution >= 4 is 17.5 Å². The van der Waals surface area contributed by atoms with Crippen LogP contribution in [0.4, 0.5) is 17.6 Å². The maximum atomic E-state index is 14.0. The zero-order chi connectivity index (χ0) is 25.8. The van der Waals surface area contributed by atoms with Crippen LogP contribution in [0.1, 0.15) is 58.6 Å². The van der Waals surface area contributed by atoms with Crippen LogP contribution >= 0.6 is 0 Å². The van der Waals surface area contributed by atoms with Crippen molar-refractivity contribution in [3.05, 3.63) is 68.9 Å². The first-order chi connectivity index (χ1) is 17.1. The Morgan fingerprint density at radius 3 is 2.58 bits per heavy atom. The van der Waals surface area contributed by atoms with E-state index in [1.165, 1.54) is 15.7 Å². The number of oxime groups is 1. The Morgan fingerprint density at radius 2 is 1.94 bits per heavy atom. The smallest absolute Gasteiger partial charge is 0.271 e. The van der Waals surface area contributed by atoms with Gasteiger partial charge in [0, 0.05) is 49.5 Å². The number of amides is 2. The molecule has 3 aliphatic rings. The molecule has 1 N–H and O–H groups in total. The van der Waals surface area contributed by atoms with Crippen LogP contribution in [0.25, 0.3) is 0 Å². The zero-order valence-electron chi connectivity index (χ0n) is 19.2. The average Bonchev–Trinajstić information content (AvgIpc) is 3.14. The summed E-state index contributed by atoms with van der Waals surface area (Å²) in [7, 11) is 0. The third kappa shape index (κ3) is 3.84. The number of benzene rings is 1. The summed E-state index contributed by atoms with van der Waals surface area (Å²) in [6.45, 7) is 0.498. The maximum absolute atomic E-state index is 14.0. The van der Waals surface area contributed by atoms with Crippen molar-refractivity contribution < 1.29 is 32.0 Å². The van der Waals surface area contributed by atoms with Gasteiger partial charge in [-0.1, -0.05) is 5.16 Å². The van der Waals surface area contributed by atoms with Crippen LogP contribution in [0.5, 0.6) is 0 Å². The van der Waals surface area contributed by atoms with Crippen LogP contribution < -0.4 is 10.7 Å². The number of pyridine rings is 1. The van der Waals surface area contributed by atoms with E-state index in [4.69, 9.17) is 4.84 Å². The fourth-order valence-corrected chi connectivity index (χ4v) is 5.27. The van der Waals surface area contributed by atoms with Crippen molar-refractivity contribution in [3.8, 4) is 0 Å². The fourth-order valence-electron chi connectivity index (χ4n) is 5.27. The highest BCUT2D eigenvalue weighted by Gasteiger charge is 2.53. The molecule has 1 aromatic heterocycles. The number of aromatic nitrogens is 1. The first-order valence-electron chi connectivity index (χ1n) is 11.4.